The van der Waals surface area contributed by atoms with Gasteiger partial charge in [-0.2, -0.15) is 11.8 Å². The highest BCUT2D eigenvalue weighted by Crippen LogP contribution is 2.13. The van der Waals surface area contributed by atoms with Crippen molar-refractivity contribution in [1.82, 2.24) is 10.2 Å². The van der Waals surface area contributed by atoms with Gasteiger partial charge in [0.2, 0.25) is 5.91 Å². The van der Waals surface area contributed by atoms with E-state index in [4.69, 9.17) is 4.74 Å². The van der Waals surface area contributed by atoms with Gasteiger partial charge < -0.3 is 15.0 Å². The van der Waals surface area contributed by atoms with Gasteiger partial charge in [0.1, 0.15) is 11.8 Å². The molecule has 1 aliphatic rings. The van der Waals surface area contributed by atoms with E-state index < -0.39 is 6.04 Å². The summed E-state index contributed by atoms with van der Waals surface area (Å²) in [6.45, 7) is 1.52. The van der Waals surface area contributed by atoms with Gasteiger partial charge in [-0.25, -0.2) is 0 Å². The van der Waals surface area contributed by atoms with E-state index in [-0.39, 0.29) is 18.4 Å². The predicted molar refractivity (Wildman–Crippen MR) is 97.3 cm³/mol. The first-order valence-corrected chi connectivity index (χ1v) is 9.85. The number of rotatable bonds is 8. The first kappa shape index (κ1) is 18.6. The van der Waals surface area contributed by atoms with E-state index in [2.05, 4.69) is 5.32 Å². The molecule has 2 rings (SSSR count). The highest BCUT2D eigenvalue weighted by Gasteiger charge is 2.26. The summed E-state index contributed by atoms with van der Waals surface area (Å²) in [6.07, 6.45) is 5.92. The first-order valence-electron chi connectivity index (χ1n) is 8.45. The zero-order valence-electron chi connectivity index (χ0n) is 14.2. The van der Waals surface area contributed by atoms with Gasteiger partial charge in [-0.3, -0.25) is 9.59 Å². The molecule has 1 fully saturated rings. The fourth-order valence-corrected chi connectivity index (χ4v) is 3.20. The lowest BCUT2D eigenvalue weighted by atomic mass is 10.1. The second-order valence-corrected chi connectivity index (χ2v) is 6.87. The molecule has 5 nitrogen and oxygen atoms in total. The molecule has 132 valence electrons. The molecule has 2 amide bonds. The quantitative estimate of drug-likeness (QED) is 0.782. The zero-order valence-corrected chi connectivity index (χ0v) is 15.0. The molecule has 1 N–H and O–H groups in total. The Morgan fingerprint density at radius 1 is 1.21 bits per heavy atom. The summed E-state index contributed by atoms with van der Waals surface area (Å²) in [6, 6.07) is 8.75. The van der Waals surface area contributed by atoms with Crippen molar-refractivity contribution in [1.29, 1.82) is 0 Å². The number of carbonyl (C=O) groups excluding carboxylic acids is 2. The molecule has 0 aliphatic carbocycles. The van der Waals surface area contributed by atoms with E-state index in [1.165, 1.54) is 6.42 Å². The zero-order chi connectivity index (χ0) is 17.2. The predicted octanol–water partition coefficient (Wildman–Crippen LogP) is 2.32. The van der Waals surface area contributed by atoms with E-state index in [0.717, 1.165) is 31.7 Å². The van der Waals surface area contributed by atoms with E-state index in [1.807, 2.05) is 29.4 Å². The molecule has 1 aromatic rings. The third-order valence-electron chi connectivity index (χ3n) is 4.02. The summed E-state index contributed by atoms with van der Waals surface area (Å²) in [5.41, 5.74) is 0. The number of hydrogen-bond acceptors (Lipinski definition) is 4. The maximum atomic E-state index is 12.7. The van der Waals surface area contributed by atoms with E-state index in [0.29, 0.717) is 12.2 Å². The third-order valence-corrected chi connectivity index (χ3v) is 4.67. The van der Waals surface area contributed by atoms with Crippen molar-refractivity contribution >= 4 is 23.6 Å². The number of nitrogens with zero attached hydrogens (tertiary/aromatic N) is 1. The summed E-state index contributed by atoms with van der Waals surface area (Å²) in [4.78, 5) is 26.7. The van der Waals surface area contributed by atoms with Crippen LogP contribution in [-0.4, -0.2) is 54.5 Å². The number of likely N-dealkylation sites (tertiary alicyclic amines) is 1. The standard InChI is InChI=1S/C18H26N2O3S/c1-24-13-10-16(18(22)20-11-6-3-7-12-20)19-17(21)14-23-15-8-4-2-5-9-15/h2,4-5,8-9,16H,3,6-7,10-14H2,1H3,(H,19,21)/t16-/m0/s1. The largest absolute Gasteiger partial charge is 0.484 e. The lowest BCUT2D eigenvalue weighted by molar-refractivity contribution is -0.137. The van der Waals surface area contributed by atoms with Crippen LogP contribution in [0.5, 0.6) is 5.75 Å². The molecule has 0 saturated carbocycles. The highest BCUT2D eigenvalue weighted by atomic mass is 32.2. The Bertz CT molecular complexity index is 518. The number of para-hydroxylation sites is 1. The molecule has 0 spiro atoms. The van der Waals surface area contributed by atoms with Crippen LogP contribution in [0.4, 0.5) is 0 Å². The second kappa shape index (κ2) is 10.2. The number of thioether (sulfide) groups is 1. The van der Waals surface area contributed by atoms with Crippen molar-refractivity contribution in [2.75, 3.05) is 31.7 Å². The fraction of sp³-hybridized carbons (Fsp3) is 0.556. The van der Waals surface area contributed by atoms with E-state index in [1.54, 1.807) is 23.9 Å². The molecular formula is C18H26N2O3S. The van der Waals surface area contributed by atoms with Gasteiger partial charge in [-0.05, 0) is 49.8 Å². The van der Waals surface area contributed by atoms with Crippen LogP contribution in [0.3, 0.4) is 0 Å². The van der Waals surface area contributed by atoms with Crippen molar-refractivity contribution in [2.24, 2.45) is 0 Å². The molecule has 0 radical (unpaired) electrons. The topological polar surface area (TPSA) is 58.6 Å². The lowest BCUT2D eigenvalue weighted by Gasteiger charge is -2.30. The number of hydrogen-bond donors (Lipinski definition) is 1. The smallest absolute Gasteiger partial charge is 0.258 e. The SMILES string of the molecule is CSCC[C@H](NC(=O)COc1ccccc1)C(=O)N1CCCCC1. The third kappa shape index (κ3) is 6.07. The van der Waals surface area contributed by atoms with Gasteiger partial charge >= 0.3 is 0 Å². The summed E-state index contributed by atoms with van der Waals surface area (Å²) in [5.74, 6) is 1.27. The Balaban J connectivity index is 1.86. The minimum absolute atomic E-state index is 0.0387. The molecule has 0 bridgehead atoms. The Morgan fingerprint density at radius 2 is 1.92 bits per heavy atom. The average Bonchev–Trinajstić information content (AvgIpc) is 2.64. The average molecular weight is 350 g/mol. The van der Waals surface area contributed by atoms with Crippen LogP contribution in [0.1, 0.15) is 25.7 Å². The Hall–Kier alpha value is -1.69. The van der Waals surface area contributed by atoms with E-state index >= 15 is 0 Å². The van der Waals surface area contributed by atoms with Crippen molar-refractivity contribution in [3.05, 3.63) is 30.3 Å². The maximum Gasteiger partial charge on any atom is 0.258 e. The van der Waals surface area contributed by atoms with Gasteiger partial charge in [0.05, 0.1) is 0 Å². The van der Waals surface area contributed by atoms with Gasteiger partial charge in [-0.15, -0.1) is 0 Å². The number of nitrogens with one attached hydrogen (secondary N) is 1. The number of amides is 2. The molecule has 1 atom stereocenters. The Labute approximate surface area is 148 Å². The molecule has 1 aromatic carbocycles. The number of carbonyl (C=O) groups is 2. The molecule has 24 heavy (non-hydrogen) atoms. The molecule has 6 heteroatoms. The van der Waals surface area contributed by atoms with Crippen molar-refractivity contribution in [2.45, 2.75) is 31.7 Å². The number of ether oxygens (including phenoxy) is 1. The van der Waals surface area contributed by atoms with Crippen LogP contribution < -0.4 is 10.1 Å². The molecule has 1 aliphatic heterocycles. The molecule has 0 aromatic heterocycles. The Morgan fingerprint density at radius 3 is 2.58 bits per heavy atom. The van der Waals surface area contributed by atoms with Crippen LogP contribution >= 0.6 is 11.8 Å². The van der Waals surface area contributed by atoms with Crippen LogP contribution in [0.25, 0.3) is 0 Å². The minimum Gasteiger partial charge on any atom is -0.484 e. The normalized spacial score (nSPS) is 15.6. The Kier molecular flexibility index (Phi) is 7.95. The van der Waals surface area contributed by atoms with Gasteiger partial charge in [0.25, 0.3) is 5.91 Å². The first-order chi connectivity index (χ1) is 11.7. The monoisotopic (exact) mass is 350 g/mol. The molecule has 0 unspecified atom stereocenters. The van der Waals surface area contributed by atoms with Crippen molar-refractivity contribution in [3.63, 3.8) is 0 Å². The minimum atomic E-state index is -0.456. The van der Waals surface area contributed by atoms with Gasteiger partial charge in [-0.1, -0.05) is 18.2 Å². The summed E-state index contributed by atoms with van der Waals surface area (Å²) >= 11 is 1.68. The molecule has 1 saturated heterocycles. The van der Waals surface area contributed by atoms with Crippen LogP contribution in [0.2, 0.25) is 0 Å². The summed E-state index contributed by atoms with van der Waals surface area (Å²) in [7, 11) is 0. The second-order valence-electron chi connectivity index (χ2n) is 5.89. The molecule has 1 heterocycles. The lowest BCUT2D eigenvalue weighted by Crippen LogP contribution is -2.51. The van der Waals surface area contributed by atoms with Crippen molar-refractivity contribution in [3.8, 4) is 5.75 Å². The number of piperidine rings is 1. The molecular weight excluding hydrogens is 324 g/mol. The highest BCUT2D eigenvalue weighted by molar-refractivity contribution is 7.98. The summed E-state index contributed by atoms with van der Waals surface area (Å²) in [5, 5.41) is 2.85. The van der Waals surface area contributed by atoms with E-state index in [9.17, 15) is 9.59 Å². The van der Waals surface area contributed by atoms with Gasteiger partial charge in [0, 0.05) is 13.1 Å². The van der Waals surface area contributed by atoms with Gasteiger partial charge in [0.15, 0.2) is 6.61 Å². The van der Waals surface area contributed by atoms with Crippen LogP contribution in [0.15, 0.2) is 30.3 Å². The number of benzene rings is 1. The summed E-state index contributed by atoms with van der Waals surface area (Å²) < 4.78 is 5.46. The van der Waals surface area contributed by atoms with Crippen LogP contribution in [-0.2, 0) is 9.59 Å². The van der Waals surface area contributed by atoms with Crippen molar-refractivity contribution < 1.29 is 14.3 Å². The maximum absolute atomic E-state index is 12.7. The van der Waals surface area contributed by atoms with Crippen LogP contribution in [0, 0.1) is 0 Å². The fourth-order valence-electron chi connectivity index (χ4n) is 2.73.